The number of aryl methyl sites for hydroxylation is 1. The van der Waals surface area contributed by atoms with Gasteiger partial charge >= 0.3 is 5.97 Å². The molecule has 3 aromatic carbocycles. The zero-order valence-electron chi connectivity index (χ0n) is 19.8. The molecule has 2 aromatic heterocycles. The maximum atomic E-state index is 12.4. The van der Waals surface area contributed by atoms with E-state index in [0.717, 1.165) is 16.9 Å². The second kappa shape index (κ2) is 9.81. The number of carbonyl (C=O) groups excluding carboxylic acids is 1. The van der Waals surface area contributed by atoms with Gasteiger partial charge in [-0.05, 0) is 23.6 Å². The van der Waals surface area contributed by atoms with E-state index in [1.807, 2.05) is 42.6 Å². The Morgan fingerprint density at radius 1 is 0.857 bits per heavy atom. The zero-order chi connectivity index (χ0) is 24.2. The van der Waals surface area contributed by atoms with Crippen LogP contribution in [0.1, 0.15) is 27.0 Å². The molecule has 0 aliphatic carbocycles. The van der Waals surface area contributed by atoms with Crippen molar-refractivity contribution in [3.63, 3.8) is 0 Å². The summed E-state index contributed by atoms with van der Waals surface area (Å²) in [4.78, 5) is 19.3. The predicted octanol–water partition coefficient (Wildman–Crippen LogP) is 5.70. The summed E-state index contributed by atoms with van der Waals surface area (Å²) < 4.78 is 6.73. The first-order valence-electron chi connectivity index (χ1n) is 11.5. The highest BCUT2D eigenvalue weighted by Crippen LogP contribution is 2.33. The Bertz CT molecular complexity index is 1400. The highest BCUT2D eigenvalue weighted by molar-refractivity contribution is 5.96. The molecule has 0 N–H and O–H groups in total. The van der Waals surface area contributed by atoms with Crippen molar-refractivity contribution in [2.45, 2.75) is 20.0 Å². The van der Waals surface area contributed by atoms with Crippen LogP contribution in [0.2, 0.25) is 0 Å². The number of nitrogens with zero attached hydrogens (tertiary/aromatic N) is 4. The average molecular weight is 463 g/mol. The maximum Gasteiger partial charge on any atom is 0.343 e. The van der Waals surface area contributed by atoms with E-state index in [2.05, 4.69) is 70.4 Å². The molecule has 0 aliphatic heterocycles. The molecule has 0 saturated carbocycles. The van der Waals surface area contributed by atoms with E-state index in [-0.39, 0.29) is 0 Å². The fraction of sp³-hybridized carbons (Fsp3) is 0.138. The summed E-state index contributed by atoms with van der Waals surface area (Å²) in [6.45, 7) is 3.38. The van der Waals surface area contributed by atoms with Gasteiger partial charge in [0, 0.05) is 24.8 Å². The summed E-state index contributed by atoms with van der Waals surface area (Å²) >= 11 is 0. The minimum Gasteiger partial charge on any atom is -0.465 e. The van der Waals surface area contributed by atoms with Gasteiger partial charge in [-0.3, -0.25) is 0 Å². The van der Waals surface area contributed by atoms with Gasteiger partial charge in [0.2, 0.25) is 0 Å². The lowest BCUT2D eigenvalue weighted by molar-refractivity contribution is 0.0602. The van der Waals surface area contributed by atoms with Gasteiger partial charge in [-0.25, -0.2) is 9.78 Å². The topological polar surface area (TPSA) is 59.7 Å². The molecule has 35 heavy (non-hydrogen) atoms. The number of carbonyl (C=O) groups is 1. The van der Waals surface area contributed by atoms with E-state index in [9.17, 15) is 4.79 Å². The number of ether oxygens (including phenoxy) is 1. The predicted molar refractivity (Wildman–Crippen MR) is 137 cm³/mol. The molecule has 0 spiro atoms. The number of hydrogen-bond acceptors (Lipinski definition) is 5. The third-order valence-electron chi connectivity index (χ3n) is 6.00. The Hall–Kier alpha value is -4.45. The first-order chi connectivity index (χ1) is 17.1. The molecule has 0 radical (unpaired) electrons. The molecular formula is C29H26N4O2. The summed E-state index contributed by atoms with van der Waals surface area (Å²) in [5.74, 6) is 0.404. The van der Waals surface area contributed by atoms with Crippen LogP contribution in [0.15, 0.2) is 97.3 Å². The molecular weight excluding hydrogens is 436 g/mol. The molecule has 5 rings (SSSR count). The number of esters is 1. The monoisotopic (exact) mass is 462 g/mol. The maximum absolute atomic E-state index is 12.4. The molecule has 0 unspecified atom stereocenters. The first-order valence-corrected chi connectivity index (χ1v) is 11.5. The third kappa shape index (κ3) is 4.64. The fourth-order valence-electron chi connectivity index (χ4n) is 4.23. The lowest BCUT2D eigenvalue weighted by atomic mass is 10.0. The molecule has 6 nitrogen and oxygen atoms in total. The van der Waals surface area contributed by atoms with Gasteiger partial charge in [-0.1, -0.05) is 90.5 Å². The number of rotatable bonds is 7. The lowest BCUT2D eigenvalue weighted by Crippen LogP contribution is -2.26. The van der Waals surface area contributed by atoms with Gasteiger partial charge in [-0.15, -0.1) is 0 Å². The molecule has 2 heterocycles. The third-order valence-corrected chi connectivity index (χ3v) is 6.00. The van der Waals surface area contributed by atoms with E-state index >= 15 is 0 Å². The van der Waals surface area contributed by atoms with Crippen LogP contribution >= 0.6 is 0 Å². The number of anilines is 1. The SMILES string of the molecule is COC(=O)c1cnn2c(N(Cc3ccccc3)Cc3ccccc3)c(-c3ccc(C)cc3)cnc12. The first kappa shape index (κ1) is 22.3. The summed E-state index contributed by atoms with van der Waals surface area (Å²) in [7, 11) is 1.37. The normalized spacial score (nSPS) is 10.9. The van der Waals surface area contributed by atoms with Crippen LogP contribution in [0.3, 0.4) is 0 Å². The van der Waals surface area contributed by atoms with Gasteiger partial charge in [0.15, 0.2) is 5.65 Å². The Labute approximate surface area is 204 Å². The second-order valence-electron chi connectivity index (χ2n) is 8.47. The van der Waals surface area contributed by atoms with Crippen LogP contribution in [0.25, 0.3) is 16.8 Å². The van der Waals surface area contributed by atoms with Crippen molar-refractivity contribution in [1.82, 2.24) is 14.6 Å². The molecule has 0 saturated heterocycles. The molecule has 0 aliphatic rings. The van der Waals surface area contributed by atoms with Crippen molar-refractivity contribution in [3.05, 3.63) is 120 Å². The number of benzene rings is 3. The van der Waals surface area contributed by atoms with Gasteiger partial charge < -0.3 is 9.64 Å². The van der Waals surface area contributed by atoms with E-state index in [1.165, 1.54) is 30.0 Å². The highest BCUT2D eigenvalue weighted by Gasteiger charge is 2.23. The summed E-state index contributed by atoms with van der Waals surface area (Å²) in [5, 5.41) is 4.61. The number of aromatic nitrogens is 3. The van der Waals surface area contributed by atoms with Crippen LogP contribution in [0.5, 0.6) is 0 Å². The Morgan fingerprint density at radius 2 is 1.46 bits per heavy atom. The minimum atomic E-state index is -0.459. The van der Waals surface area contributed by atoms with Crippen molar-refractivity contribution in [3.8, 4) is 11.1 Å². The molecule has 5 aromatic rings. The molecule has 0 amide bonds. The van der Waals surface area contributed by atoms with Crippen molar-refractivity contribution in [1.29, 1.82) is 0 Å². The smallest absolute Gasteiger partial charge is 0.343 e. The quantitative estimate of drug-likeness (QED) is 0.291. The highest BCUT2D eigenvalue weighted by atomic mass is 16.5. The van der Waals surface area contributed by atoms with Crippen LogP contribution in [0.4, 0.5) is 5.82 Å². The summed E-state index contributed by atoms with van der Waals surface area (Å²) in [5.41, 5.74) is 6.29. The molecule has 0 fully saturated rings. The van der Waals surface area contributed by atoms with Gasteiger partial charge in [-0.2, -0.15) is 9.61 Å². The zero-order valence-corrected chi connectivity index (χ0v) is 19.8. The van der Waals surface area contributed by atoms with Crippen molar-refractivity contribution >= 4 is 17.4 Å². The molecule has 0 atom stereocenters. The average Bonchev–Trinajstić information content (AvgIpc) is 3.33. The Balaban J connectivity index is 1.73. The fourth-order valence-corrected chi connectivity index (χ4v) is 4.23. The van der Waals surface area contributed by atoms with E-state index in [4.69, 9.17) is 4.74 Å². The summed E-state index contributed by atoms with van der Waals surface area (Å²) in [6, 6.07) is 29.0. The standard InChI is InChI=1S/C29H26N4O2/c1-21-13-15-24(16-14-21)25-17-30-27-26(29(34)35-2)18-31-33(27)28(25)32(19-22-9-5-3-6-10-22)20-23-11-7-4-8-12-23/h3-18H,19-20H2,1-2H3. The van der Waals surface area contributed by atoms with Crippen molar-refractivity contribution < 1.29 is 9.53 Å². The van der Waals surface area contributed by atoms with Crippen LogP contribution < -0.4 is 4.90 Å². The number of methoxy groups -OCH3 is 1. The van der Waals surface area contributed by atoms with Gasteiger partial charge in [0.05, 0.1) is 13.3 Å². The molecule has 6 heteroatoms. The van der Waals surface area contributed by atoms with Crippen LogP contribution in [-0.2, 0) is 17.8 Å². The Kier molecular flexibility index (Phi) is 6.26. The van der Waals surface area contributed by atoms with Crippen LogP contribution in [0, 0.1) is 6.92 Å². The van der Waals surface area contributed by atoms with Gasteiger partial charge in [0.1, 0.15) is 11.4 Å². The van der Waals surface area contributed by atoms with Crippen molar-refractivity contribution in [2.75, 3.05) is 12.0 Å². The van der Waals surface area contributed by atoms with E-state index < -0.39 is 5.97 Å². The van der Waals surface area contributed by atoms with E-state index in [1.54, 1.807) is 4.52 Å². The van der Waals surface area contributed by atoms with Crippen LogP contribution in [-0.4, -0.2) is 27.7 Å². The second-order valence-corrected chi connectivity index (χ2v) is 8.47. The number of hydrogen-bond donors (Lipinski definition) is 0. The summed E-state index contributed by atoms with van der Waals surface area (Å²) in [6.07, 6.45) is 3.35. The number of fused-ring (bicyclic) bond motifs is 1. The lowest BCUT2D eigenvalue weighted by Gasteiger charge is -2.28. The van der Waals surface area contributed by atoms with Gasteiger partial charge in [0.25, 0.3) is 0 Å². The van der Waals surface area contributed by atoms with E-state index in [0.29, 0.717) is 24.3 Å². The molecule has 174 valence electrons. The minimum absolute atomic E-state index is 0.337. The molecule has 0 bridgehead atoms. The van der Waals surface area contributed by atoms with Crippen molar-refractivity contribution in [2.24, 2.45) is 0 Å². The largest absolute Gasteiger partial charge is 0.465 e. The Morgan fingerprint density at radius 3 is 2.03 bits per heavy atom.